The second-order valence-electron chi connectivity index (χ2n) is 8.97. The van der Waals surface area contributed by atoms with Crippen LogP contribution >= 0.6 is 0 Å². The average Bonchev–Trinajstić information content (AvgIpc) is 3.22. The number of rotatable bonds is 7. The molecule has 0 spiro atoms. The van der Waals surface area contributed by atoms with Gasteiger partial charge >= 0.3 is 5.69 Å². The van der Waals surface area contributed by atoms with E-state index in [9.17, 15) is 9.59 Å². The molecule has 174 valence electrons. The molecule has 33 heavy (non-hydrogen) atoms. The normalized spacial score (nSPS) is 20.2. The van der Waals surface area contributed by atoms with Crippen molar-refractivity contribution in [1.82, 2.24) is 28.6 Å². The largest absolute Gasteiger partial charge is 0.478 e. The van der Waals surface area contributed by atoms with Crippen LogP contribution in [-0.2, 0) is 11.8 Å². The van der Waals surface area contributed by atoms with Crippen LogP contribution in [-0.4, -0.2) is 54.7 Å². The minimum Gasteiger partial charge on any atom is -0.478 e. The summed E-state index contributed by atoms with van der Waals surface area (Å²) in [6.07, 6.45) is 11.3. The van der Waals surface area contributed by atoms with E-state index >= 15 is 0 Å². The van der Waals surface area contributed by atoms with Gasteiger partial charge in [0.1, 0.15) is 5.69 Å². The molecule has 0 bridgehead atoms. The number of fused-ring (bicyclic) bond motifs is 1. The van der Waals surface area contributed by atoms with Crippen LogP contribution in [0.3, 0.4) is 0 Å². The second kappa shape index (κ2) is 8.09. The number of hydrogen-bond acceptors (Lipinski definition) is 6. The number of nitrogens with zero attached hydrogens (tertiary/aromatic N) is 6. The van der Waals surface area contributed by atoms with Gasteiger partial charge in [-0.2, -0.15) is 0 Å². The molecule has 3 aromatic heterocycles. The van der Waals surface area contributed by atoms with Gasteiger partial charge in [-0.25, -0.2) is 14.2 Å². The first-order chi connectivity index (χ1) is 15.9. The van der Waals surface area contributed by atoms with E-state index in [1.165, 1.54) is 6.08 Å². The van der Waals surface area contributed by atoms with Crippen molar-refractivity contribution in [2.45, 2.75) is 50.1 Å². The summed E-state index contributed by atoms with van der Waals surface area (Å²) in [6.45, 7) is 3.59. The minimum atomic E-state index is -0.0971. The van der Waals surface area contributed by atoms with Gasteiger partial charge in [0, 0.05) is 44.5 Å². The Morgan fingerprint density at radius 3 is 2.76 bits per heavy atom. The first kappa shape index (κ1) is 21.3. The van der Waals surface area contributed by atoms with E-state index in [1.807, 2.05) is 25.6 Å². The second-order valence-corrected chi connectivity index (χ2v) is 8.97. The van der Waals surface area contributed by atoms with Gasteiger partial charge in [0.15, 0.2) is 5.65 Å². The Labute approximate surface area is 191 Å². The van der Waals surface area contributed by atoms with E-state index in [0.29, 0.717) is 35.2 Å². The maximum Gasteiger partial charge on any atom is 0.334 e. The standard InChI is InChI=1S/C23H29N7O3/c1-5-20(31)28(3)15-8-9-16(10-15)29-13-17(25-18-12-27(2)26-22(18)33-4)21-24-11-19(14-6-7-14)30(21)23(29)32/h5,11-16,25H,1,6-10H2,2-4H3. The number of nitrogens with one attached hydrogen (secondary N) is 1. The lowest BCUT2D eigenvalue weighted by Crippen LogP contribution is -2.35. The highest BCUT2D eigenvalue weighted by Gasteiger charge is 2.33. The number of aromatic nitrogens is 5. The SMILES string of the molecule is C=CC(=O)N(C)C1CCC(n2cc(Nc3cn(C)nc3OC)c3ncc(C4CC4)n3c2=O)C1. The Kier molecular flexibility index (Phi) is 5.22. The average molecular weight is 452 g/mol. The third-order valence-corrected chi connectivity index (χ3v) is 6.80. The predicted octanol–water partition coefficient (Wildman–Crippen LogP) is 2.60. The maximum atomic E-state index is 13.6. The molecular formula is C23H29N7O3. The number of hydrogen-bond donors (Lipinski definition) is 1. The molecule has 1 amide bonds. The summed E-state index contributed by atoms with van der Waals surface area (Å²) in [4.78, 5) is 32.1. The van der Waals surface area contributed by atoms with Crippen molar-refractivity contribution in [3.05, 3.63) is 47.4 Å². The van der Waals surface area contributed by atoms with Gasteiger partial charge in [0.2, 0.25) is 5.91 Å². The molecule has 2 fully saturated rings. The number of amides is 1. The molecular weight excluding hydrogens is 422 g/mol. The predicted molar refractivity (Wildman–Crippen MR) is 124 cm³/mol. The van der Waals surface area contributed by atoms with Crippen molar-refractivity contribution in [2.75, 3.05) is 19.5 Å². The fourth-order valence-corrected chi connectivity index (χ4v) is 4.85. The highest BCUT2D eigenvalue weighted by Crippen LogP contribution is 2.41. The van der Waals surface area contributed by atoms with E-state index in [4.69, 9.17) is 4.74 Å². The zero-order valence-electron chi connectivity index (χ0n) is 19.2. The summed E-state index contributed by atoms with van der Waals surface area (Å²) in [5, 5.41) is 7.69. The Morgan fingerprint density at radius 1 is 1.27 bits per heavy atom. The highest BCUT2D eigenvalue weighted by atomic mass is 16.5. The molecule has 0 radical (unpaired) electrons. The number of ether oxygens (including phenoxy) is 1. The molecule has 0 aromatic carbocycles. The quantitative estimate of drug-likeness (QED) is 0.555. The van der Waals surface area contributed by atoms with Crippen LogP contribution in [0.5, 0.6) is 5.88 Å². The van der Waals surface area contributed by atoms with Crippen LogP contribution in [0.1, 0.15) is 49.8 Å². The lowest BCUT2D eigenvalue weighted by atomic mass is 10.2. The number of anilines is 2. The lowest BCUT2D eigenvalue weighted by Gasteiger charge is -2.24. The van der Waals surface area contributed by atoms with E-state index in [0.717, 1.165) is 31.4 Å². The van der Waals surface area contributed by atoms with Gasteiger partial charge in [-0.1, -0.05) is 6.58 Å². The molecule has 2 atom stereocenters. The van der Waals surface area contributed by atoms with Crippen LogP contribution in [0.15, 0.2) is 36.0 Å². The third kappa shape index (κ3) is 3.69. The van der Waals surface area contributed by atoms with Crippen molar-refractivity contribution in [2.24, 2.45) is 7.05 Å². The first-order valence-electron chi connectivity index (χ1n) is 11.3. The number of aryl methyl sites for hydroxylation is 1. The number of methoxy groups -OCH3 is 1. The molecule has 3 heterocycles. The summed E-state index contributed by atoms with van der Waals surface area (Å²) in [7, 11) is 5.20. The van der Waals surface area contributed by atoms with Crippen molar-refractivity contribution in [1.29, 1.82) is 0 Å². The van der Waals surface area contributed by atoms with Gasteiger partial charge in [0.25, 0.3) is 5.88 Å². The molecule has 2 aliphatic carbocycles. The van der Waals surface area contributed by atoms with Crippen LogP contribution in [0.4, 0.5) is 11.4 Å². The van der Waals surface area contributed by atoms with E-state index in [-0.39, 0.29) is 23.7 Å². The molecule has 10 heteroatoms. The van der Waals surface area contributed by atoms with Gasteiger partial charge in [-0.15, -0.1) is 5.10 Å². The van der Waals surface area contributed by atoms with Gasteiger partial charge < -0.3 is 15.0 Å². The van der Waals surface area contributed by atoms with Crippen LogP contribution in [0, 0.1) is 0 Å². The molecule has 3 aromatic rings. The van der Waals surface area contributed by atoms with Crippen molar-refractivity contribution >= 4 is 22.9 Å². The zero-order valence-corrected chi connectivity index (χ0v) is 19.2. The maximum absolute atomic E-state index is 13.6. The topological polar surface area (TPSA) is 98.7 Å². The van der Waals surface area contributed by atoms with Crippen LogP contribution in [0.25, 0.3) is 5.65 Å². The summed E-state index contributed by atoms with van der Waals surface area (Å²) in [5.41, 5.74) is 2.88. The smallest absolute Gasteiger partial charge is 0.334 e. The molecule has 2 aliphatic rings. The van der Waals surface area contributed by atoms with Gasteiger partial charge in [-0.05, 0) is 38.2 Å². The Hall–Kier alpha value is -3.56. The van der Waals surface area contributed by atoms with Crippen molar-refractivity contribution < 1.29 is 9.53 Å². The lowest BCUT2D eigenvalue weighted by molar-refractivity contribution is -0.126. The summed E-state index contributed by atoms with van der Waals surface area (Å²) < 4.78 is 10.6. The number of carbonyl (C=O) groups is 1. The van der Waals surface area contributed by atoms with Crippen molar-refractivity contribution in [3.63, 3.8) is 0 Å². The number of imidazole rings is 1. The summed E-state index contributed by atoms with van der Waals surface area (Å²) in [5.74, 6) is 0.741. The molecule has 2 unspecified atom stereocenters. The van der Waals surface area contributed by atoms with E-state index in [2.05, 4.69) is 22.0 Å². The molecule has 0 aliphatic heterocycles. The van der Waals surface area contributed by atoms with Crippen molar-refractivity contribution in [3.8, 4) is 5.88 Å². The number of likely N-dealkylation sites (N-methyl/N-ethyl adjacent to an activating group) is 1. The fourth-order valence-electron chi connectivity index (χ4n) is 4.85. The molecule has 1 N–H and O–H groups in total. The Bertz CT molecular complexity index is 1280. The fraction of sp³-hybridized carbons (Fsp3) is 0.478. The Balaban J connectivity index is 1.57. The highest BCUT2D eigenvalue weighted by molar-refractivity contribution is 5.87. The van der Waals surface area contributed by atoms with Crippen LogP contribution in [0.2, 0.25) is 0 Å². The Morgan fingerprint density at radius 2 is 2.06 bits per heavy atom. The van der Waals surface area contributed by atoms with Gasteiger partial charge in [-0.3, -0.25) is 14.0 Å². The van der Waals surface area contributed by atoms with E-state index in [1.54, 1.807) is 32.7 Å². The molecule has 2 saturated carbocycles. The summed E-state index contributed by atoms with van der Waals surface area (Å²) in [6, 6.07) is 0.0568. The molecule has 5 rings (SSSR count). The third-order valence-electron chi connectivity index (χ3n) is 6.80. The van der Waals surface area contributed by atoms with Crippen LogP contribution < -0.4 is 15.7 Å². The molecule has 10 nitrogen and oxygen atoms in total. The minimum absolute atomic E-state index is 0.0160. The van der Waals surface area contributed by atoms with Gasteiger partial charge in [0.05, 0.1) is 24.7 Å². The molecule has 0 saturated heterocycles. The zero-order chi connectivity index (χ0) is 23.3. The monoisotopic (exact) mass is 451 g/mol. The number of carbonyl (C=O) groups excluding carboxylic acids is 1. The first-order valence-corrected chi connectivity index (χ1v) is 11.3. The summed E-state index contributed by atoms with van der Waals surface area (Å²) >= 11 is 0. The van der Waals surface area contributed by atoms with E-state index < -0.39 is 0 Å².